The number of nitrogens with one attached hydrogen (secondary N) is 2. The van der Waals surface area contributed by atoms with Crippen molar-refractivity contribution in [2.45, 2.75) is 38.2 Å². The number of aromatic nitrogens is 2. The first-order valence-electron chi connectivity index (χ1n) is 9.33. The van der Waals surface area contributed by atoms with Crippen LogP contribution in [0.1, 0.15) is 30.4 Å². The number of hydrogen-bond donors (Lipinski definition) is 3. The van der Waals surface area contributed by atoms with E-state index >= 15 is 0 Å². The Morgan fingerprint density at radius 2 is 1.89 bits per heavy atom. The van der Waals surface area contributed by atoms with Crippen LogP contribution in [0.15, 0.2) is 46.1 Å². The summed E-state index contributed by atoms with van der Waals surface area (Å²) in [5.74, 6) is 0.0546. The van der Waals surface area contributed by atoms with Crippen molar-refractivity contribution in [3.05, 3.63) is 68.5 Å². The zero-order valence-electron chi connectivity index (χ0n) is 15.2. The molecule has 1 aliphatic rings. The van der Waals surface area contributed by atoms with Crippen LogP contribution in [-0.2, 0) is 17.6 Å². The Hall–Kier alpha value is -2.67. The molecular weight excluding hydrogens is 346 g/mol. The van der Waals surface area contributed by atoms with E-state index < -0.39 is 11.2 Å². The molecule has 3 rings (SSSR count). The lowest BCUT2D eigenvalue weighted by Crippen LogP contribution is -2.42. The number of rotatable bonds is 6. The van der Waals surface area contributed by atoms with E-state index in [9.17, 15) is 19.5 Å². The summed E-state index contributed by atoms with van der Waals surface area (Å²) in [7, 11) is 0. The number of likely N-dealkylation sites (tertiary alicyclic amines) is 1. The first-order chi connectivity index (χ1) is 13.0. The fourth-order valence-corrected chi connectivity index (χ4v) is 3.57. The molecule has 1 atom stereocenters. The van der Waals surface area contributed by atoms with Crippen molar-refractivity contribution in [3.63, 3.8) is 0 Å². The smallest absolute Gasteiger partial charge is 0.325 e. The quantitative estimate of drug-likeness (QED) is 0.699. The van der Waals surface area contributed by atoms with Gasteiger partial charge in [-0.2, -0.15) is 0 Å². The van der Waals surface area contributed by atoms with Crippen molar-refractivity contribution in [1.82, 2.24) is 14.9 Å². The Morgan fingerprint density at radius 3 is 2.56 bits per heavy atom. The highest BCUT2D eigenvalue weighted by Crippen LogP contribution is 2.24. The zero-order valence-corrected chi connectivity index (χ0v) is 15.2. The van der Waals surface area contributed by atoms with Crippen LogP contribution in [0.2, 0.25) is 0 Å². The Balaban J connectivity index is 1.47. The van der Waals surface area contributed by atoms with Gasteiger partial charge < -0.3 is 15.0 Å². The second kappa shape index (κ2) is 8.81. The third kappa shape index (κ3) is 5.17. The van der Waals surface area contributed by atoms with Gasteiger partial charge in [-0.1, -0.05) is 30.3 Å². The largest absolute Gasteiger partial charge is 0.393 e. The monoisotopic (exact) mass is 371 g/mol. The average Bonchev–Trinajstić information content (AvgIpc) is 2.69. The van der Waals surface area contributed by atoms with Crippen molar-refractivity contribution in [3.8, 4) is 0 Å². The summed E-state index contributed by atoms with van der Waals surface area (Å²) in [6.07, 6.45) is 3.95. The Kier molecular flexibility index (Phi) is 6.24. The Labute approximate surface area is 157 Å². The van der Waals surface area contributed by atoms with Crippen molar-refractivity contribution in [2.24, 2.45) is 5.92 Å². The predicted molar refractivity (Wildman–Crippen MR) is 101 cm³/mol. The molecule has 1 saturated heterocycles. The fourth-order valence-electron chi connectivity index (χ4n) is 3.57. The number of aliphatic hydroxyl groups excluding tert-OH is 1. The first-order valence-corrected chi connectivity index (χ1v) is 9.33. The molecule has 2 aromatic rings. The number of piperidine rings is 1. The highest BCUT2D eigenvalue weighted by Gasteiger charge is 2.27. The molecule has 0 spiro atoms. The van der Waals surface area contributed by atoms with Gasteiger partial charge in [0, 0.05) is 24.8 Å². The Morgan fingerprint density at radius 1 is 1.19 bits per heavy atom. The van der Waals surface area contributed by atoms with Crippen LogP contribution in [0.5, 0.6) is 0 Å². The van der Waals surface area contributed by atoms with Crippen LogP contribution >= 0.6 is 0 Å². The van der Waals surface area contributed by atoms with Crippen LogP contribution < -0.4 is 11.2 Å². The molecular formula is C20H25N3O4. The number of H-pyrrole nitrogens is 2. The van der Waals surface area contributed by atoms with Crippen LogP contribution in [-0.4, -0.2) is 45.1 Å². The number of nitrogens with zero attached hydrogens (tertiary/aromatic N) is 1. The van der Waals surface area contributed by atoms with Gasteiger partial charge in [-0.15, -0.1) is 0 Å². The van der Waals surface area contributed by atoms with Gasteiger partial charge in [0.15, 0.2) is 0 Å². The van der Waals surface area contributed by atoms with Gasteiger partial charge in [0.1, 0.15) is 0 Å². The van der Waals surface area contributed by atoms with E-state index in [1.54, 1.807) is 4.90 Å². The van der Waals surface area contributed by atoms with Crippen molar-refractivity contribution in [2.75, 3.05) is 13.1 Å². The van der Waals surface area contributed by atoms with Gasteiger partial charge in [-0.25, -0.2) is 4.79 Å². The van der Waals surface area contributed by atoms with Gasteiger partial charge >= 0.3 is 5.69 Å². The van der Waals surface area contributed by atoms with E-state index in [4.69, 9.17) is 0 Å². The van der Waals surface area contributed by atoms with E-state index in [0.29, 0.717) is 13.1 Å². The molecule has 144 valence electrons. The van der Waals surface area contributed by atoms with Crippen molar-refractivity contribution in [1.29, 1.82) is 0 Å². The number of aromatic amines is 2. The second-order valence-corrected chi connectivity index (χ2v) is 7.08. The molecule has 27 heavy (non-hydrogen) atoms. The molecule has 1 aliphatic heterocycles. The lowest BCUT2D eigenvalue weighted by molar-refractivity contribution is -0.132. The lowest BCUT2D eigenvalue weighted by Gasteiger charge is -2.34. The molecule has 0 radical (unpaired) electrons. The first kappa shape index (κ1) is 19.1. The van der Waals surface area contributed by atoms with E-state index in [1.807, 2.05) is 18.2 Å². The standard InChI is InChI=1S/C20H25N3O4/c24-17(7-6-14-4-2-1-3-5-14)15-8-10-23(11-9-15)18(25)12-16-13-21-20(27)22-19(16)26/h1-5,13,15,17,24H,6-12H2,(H2,21,22,26,27). The number of hydrogen-bond acceptors (Lipinski definition) is 4. The maximum absolute atomic E-state index is 12.4. The third-order valence-electron chi connectivity index (χ3n) is 5.25. The van der Waals surface area contributed by atoms with Gasteiger partial charge in [0.05, 0.1) is 12.5 Å². The number of benzene rings is 1. The maximum atomic E-state index is 12.4. The highest BCUT2D eigenvalue weighted by molar-refractivity contribution is 5.78. The number of aryl methyl sites for hydroxylation is 1. The molecule has 0 saturated carbocycles. The summed E-state index contributed by atoms with van der Waals surface area (Å²) in [6.45, 7) is 1.15. The molecule has 0 aliphatic carbocycles. The molecule has 0 bridgehead atoms. The van der Waals surface area contributed by atoms with Crippen LogP contribution in [0.4, 0.5) is 0 Å². The molecule has 1 fully saturated rings. The minimum absolute atomic E-state index is 0.0344. The summed E-state index contributed by atoms with van der Waals surface area (Å²) < 4.78 is 0. The van der Waals surface area contributed by atoms with Crippen LogP contribution in [0, 0.1) is 5.92 Å². The van der Waals surface area contributed by atoms with E-state index in [0.717, 1.165) is 25.7 Å². The molecule has 1 aromatic carbocycles. The van der Waals surface area contributed by atoms with Gasteiger partial charge in [0.25, 0.3) is 5.56 Å². The number of carbonyl (C=O) groups excluding carboxylic acids is 1. The normalized spacial score (nSPS) is 16.3. The van der Waals surface area contributed by atoms with Gasteiger partial charge in [-0.05, 0) is 37.2 Å². The SMILES string of the molecule is O=C(Cc1c[nH]c(=O)[nH]c1=O)N1CCC(C(O)CCc2ccccc2)CC1. The molecule has 7 nitrogen and oxygen atoms in total. The van der Waals surface area contributed by atoms with Gasteiger partial charge in [-0.3, -0.25) is 14.6 Å². The molecule has 1 amide bonds. The molecule has 3 N–H and O–H groups in total. The minimum Gasteiger partial charge on any atom is -0.393 e. The summed E-state index contributed by atoms with van der Waals surface area (Å²) in [5, 5.41) is 10.5. The van der Waals surface area contributed by atoms with E-state index in [2.05, 4.69) is 22.1 Å². The zero-order chi connectivity index (χ0) is 19.2. The molecule has 1 unspecified atom stereocenters. The van der Waals surface area contributed by atoms with E-state index in [1.165, 1.54) is 11.8 Å². The summed E-state index contributed by atoms with van der Waals surface area (Å²) >= 11 is 0. The number of aliphatic hydroxyl groups is 1. The van der Waals surface area contributed by atoms with Gasteiger partial charge in [0.2, 0.25) is 5.91 Å². The minimum atomic E-state index is -0.582. The molecule has 1 aromatic heterocycles. The second-order valence-electron chi connectivity index (χ2n) is 7.08. The molecule has 2 heterocycles. The predicted octanol–water partition coefficient (Wildman–Crippen LogP) is 0.838. The topological polar surface area (TPSA) is 106 Å². The van der Waals surface area contributed by atoms with Crippen LogP contribution in [0.3, 0.4) is 0 Å². The molecule has 7 heteroatoms. The highest BCUT2D eigenvalue weighted by atomic mass is 16.3. The van der Waals surface area contributed by atoms with Crippen LogP contribution in [0.25, 0.3) is 0 Å². The number of amides is 1. The number of carbonyl (C=O) groups is 1. The maximum Gasteiger partial charge on any atom is 0.325 e. The lowest BCUT2D eigenvalue weighted by atomic mass is 9.88. The average molecular weight is 371 g/mol. The fraction of sp³-hybridized carbons (Fsp3) is 0.450. The van der Waals surface area contributed by atoms with Crippen molar-refractivity contribution >= 4 is 5.91 Å². The summed E-state index contributed by atoms with van der Waals surface area (Å²) in [5.41, 5.74) is 0.361. The van der Waals surface area contributed by atoms with Crippen molar-refractivity contribution < 1.29 is 9.90 Å². The van der Waals surface area contributed by atoms with E-state index in [-0.39, 0.29) is 29.9 Å². The summed E-state index contributed by atoms with van der Waals surface area (Å²) in [4.78, 5) is 41.4. The Bertz CT molecular complexity index is 867. The third-order valence-corrected chi connectivity index (χ3v) is 5.25. The summed E-state index contributed by atoms with van der Waals surface area (Å²) in [6, 6.07) is 10.1.